The lowest BCUT2D eigenvalue weighted by atomic mass is 10.1. The molecule has 1 aromatic rings. The Morgan fingerprint density at radius 3 is 2.64 bits per heavy atom. The smallest absolute Gasteiger partial charge is 0.166 e. The predicted octanol–water partition coefficient (Wildman–Crippen LogP) is 1.45. The lowest BCUT2D eigenvalue weighted by molar-refractivity contribution is -0.116. The summed E-state index contributed by atoms with van der Waals surface area (Å²) in [5, 5.41) is 3.99. The molecule has 0 fully saturated rings. The third-order valence-corrected chi connectivity index (χ3v) is 1.98. The van der Waals surface area contributed by atoms with Crippen LogP contribution in [0.5, 0.6) is 0 Å². The van der Waals surface area contributed by atoms with E-state index in [0.717, 1.165) is 6.54 Å². The zero-order valence-electron chi connectivity index (χ0n) is 8.49. The maximum absolute atomic E-state index is 11.5. The summed E-state index contributed by atoms with van der Waals surface area (Å²) in [6.45, 7) is 4.19. The first-order valence-electron chi connectivity index (χ1n) is 4.68. The van der Waals surface area contributed by atoms with Gasteiger partial charge >= 0.3 is 0 Å². The Kier molecular flexibility index (Phi) is 3.56. The lowest BCUT2D eigenvalue weighted by Crippen LogP contribution is -2.01. The van der Waals surface area contributed by atoms with E-state index in [2.05, 4.69) is 5.10 Å². The Bertz CT molecular complexity index is 342. The van der Waals surface area contributed by atoms with Gasteiger partial charge in [-0.3, -0.25) is 9.48 Å². The van der Waals surface area contributed by atoms with Crippen molar-refractivity contribution in [2.24, 2.45) is 0 Å². The highest BCUT2D eigenvalue weighted by Gasteiger charge is 2.08. The maximum Gasteiger partial charge on any atom is 0.166 e. The number of Topliss-reactive ketones (excluding diaryl/α,β-unsaturated/α-hetero) is 2. The van der Waals surface area contributed by atoms with E-state index in [1.165, 1.54) is 6.92 Å². The summed E-state index contributed by atoms with van der Waals surface area (Å²) in [5.41, 5.74) is 0.591. The normalized spacial score (nSPS) is 10.1. The van der Waals surface area contributed by atoms with Crippen molar-refractivity contribution >= 4 is 11.6 Å². The number of ketones is 2. The first-order chi connectivity index (χ1) is 6.63. The predicted molar refractivity (Wildman–Crippen MR) is 52.1 cm³/mol. The number of rotatable bonds is 5. The number of aryl methyl sites for hydroxylation is 1. The summed E-state index contributed by atoms with van der Waals surface area (Å²) in [7, 11) is 0. The molecule has 0 radical (unpaired) electrons. The van der Waals surface area contributed by atoms with Gasteiger partial charge in [-0.25, -0.2) is 0 Å². The molecule has 1 heterocycles. The number of carbonyl (C=O) groups excluding carboxylic acids is 2. The van der Waals surface area contributed by atoms with Crippen LogP contribution in [0.15, 0.2) is 12.4 Å². The van der Waals surface area contributed by atoms with Crippen LogP contribution in [0.3, 0.4) is 0 Å². The zero-order valence-corrected chi connectivity index (χ0v) is 8.49. The van der Waals surface area contributed by atoms with E-state index in [4.69, 9.17) is 0 Å². The Labute approximate surface area is 82.9 Å². The Morgan fingerprint density at radius 2 is 2.14 bits per heavy atom. The molecular formula is C10H14N2O2. The van der Waals surface area contributed by atoms with Crippen molar-refractivity contribution in [3.63, 3.8) is 0 Å². The van der Waals surface area contributed by atoms with Gasteiger partial charge in [-0.15, -0.1) is 0 Å². The third-order valence-electron chi connectivity index (χ3n) is 1.98. The molecule has 0 amide bonds. The fraction of sp³-hybridized carbons (Fsp3) is 0.500. The lowest BCUT2D eigenvalue weighted by Gasteiger charge is -1.94. The minimum atomic E-state index is -0.0140. The largest absolute Gasteiger partial charge is 0.300 e. The van der Waals surface area contributed by atoms with Crippen molar-refractivity contribution in [3.05, 3.63) is 18.0 Å². The number of hydrogen-bond acceptors (Lipinski definition) is 3. The van der Waals surface area contributed by atoms with Gasteiger partial charge in [-0.2, -0.15) is 5.10 Å². The monoisotopic (exact) mass is 194 g/mol. The highest BCUT2D eigenvalue weighted by molar-refractivity contribution is 5.97. The van der Waals surface area contributed by atoms with Crippen molar-refractivity contribution in [1.82, 2.24) is 9.78 Å². The van der Waals surface area contributed by atoms with Gasteiger partial charge in [0.15, 0.2) is 5.78 Å². The van der Waals surface area contributed by atoms with E-state index in [1.54, 1.807) is 17.1 Å². The van der Waals surface area contributed by atoms with Gasteiger partial charge < -0.3 is 4.79 Å². The minimum absolute atomic E-state index is 0.0140. The molecule has 14 heavy (non-hydrogen) atoms. The van der Waals surface area contributed by atoms with Gasteiger partial charge in [0, 0.05) is 25.6 Å². The summed E-state index contributed by atoms with van der Waals surface area (Å²) in [6.07, 6.45) is 3.86. The molecule has 0 bridgehead atoms. The van der Waals surface area contributed by atoms with Crippen molar-refractivity contribution in [3.8, 4) is 0 Å². The SMILES string of the molecule is CCn1cc(C(=O)CCC(C)=O)cn1. The molecule has 0 saturated heterocycles. The maximum atomic E-state index is 11.5. The van der Waals surface area contributed by atoms with Gasteiger partial charge in [0.05, 0.1) is 11.8 Å². The summed E-state index contributed by atoms with van der Waals surface area (Å²) in [5.74, 6) is 0.0288. The van der Waals surface area contributed by atoms with Gasteiger partial charge in [-0.05, 0) is 13.8 Å². The van der Waals surface area contributed by atoms with Crippen molar-refractivity contribution in [2.75, 3.05) is 0 Å². The van der Waals surface area contributed by atoms with Crippen LogP contribution < -0.4 is 0 Å². The van der Waals surface area contributed by atoms with Crippen LogP contribution in [-0.4, -0.2) is 21.3 Å². The quantitative estimate of drug-likeness (QED) is 0.667. The molecule has 76 valence electrons. The zero-order chi connectivity index (χ0) is 10.6. The second-order valence-electron chi connectivity index (χ2n) is 3.21. The Hall–Kier alpha value is -1.45. The summed E-state index contributed by atoms with van der Waals surface area (Å²) >= 11 is 0. The van der Waals surface area contributed by atoms with Crippen molar-refractivity contribution < 1.29 is 9.59 Å². The molecule has 0 aromatic carbocycles. The fourth-order valence-corrected chi connectivity index (χ4v) is 1.11. The van der Waals surface area contributed by atoms with Crippen molar-refractivity contribution in [1.29, 1.82) is 0 Å². The molecule has 0 aliphatic heterocycles. The molecule has 0 unspecified atom stereocenters. The first-order valence-corrected chi connectivity index (χ1v) is 4.68. The van der Waals surface area contributed by atoms with Gasteiger partial charge in [-0.1, -0.05) is 0 Å². The summed E-state index contributed by atoms with van der Waals surface area (Å²) in [4.78, 5) is 22.1. The van der Waals surface area contributed by atoms with E-state index in [1.807, 2.05) is 6.92 Å². The fourth-order valence-electron chi connectivity index (χ4n) is 1.11. The number of hydrogen-bond donors (Lipinski definition) is 0. The molecule has 0 N–H and O–H groups in total. The number of carbonyl (C=O) groups is 2. The van der Waals surface area contributed by atoms with Crippen LogP contribution in [0.25, 0.3) is 0 Å². The van der Waals surface area contributed by atoms with Gasteiger partial charge in [0.25, 0.3) is 0 Å². The average Bonchev–Trinajstić information content (AvgIpc) is 2.62. The van der Waals surface area contributed by atoms with Crippen LogP contribution in [-0.2, 0) is 11.3 Å². The molecule has 1 rings (SSSR count). The molecule has 0 saturated carbocycles. The second kappa shape index (κ2) is 4.69. The topological polar surface area (TPSA) is 52.0 Å². The standard InChI is InChI=1S/C10H14N2O2/c1-3-12-7-9(6-11-12)10(14)5-4-8(2)13/h6-7H,3-5H2,1-2H3. The molecule has 0 aliphatic rings. The Morgan fingerprint density at radius 1 is 1.43 bits per heavy atom. The molecule has 0 atom stereocenters. The minimum Gasteiger partial charge on any atom is -0.300 e. The Balaban J connectivity index is 2.56. The summed E-state index contributed by atoms with van der Waals surface area (Å²) < 4.78 is 1.70. The number of aromatic nitrogens is 2. The summed E-state index contributed by atoms with van der Waals surface area (Å²) in [6, 6.07) is 0. The van der Waals surface area contributed by atoms with Crippen LogP contribution in [0, 0.1) is 0 Å². The van der Waals surface area contributed by atoms with Crippen LogP contribution >= 0.6 is 0 Å². The van der Waals surface area contributed by atoms with Gasteiger partial charge in [0.2, 0.25) is 0 Å². The van der Waals surface area contributed by atoms with Crippen molar-refractivity contribution in [2.45, 2.75) is 33.2 Å². The molecule has 1 aromatic heterocycles. The molecule has 0 aliphatic carbocycles. The van der Waals surface area contributed by atoms with Gasteiger partial charge in [0.1, 0.15) is 5.78 Å². The molecule has 4 nitrogen and oxygen atoms in total. The van der Waals surface area contributed by atoms with E-state index < -0.39 is 0 Å². The van der Waals surface area contributed by atoms with E-state index >= 15 is 0 Å². The molecular weight excluding hydrogens is 180 g/mol. The molecule has 0 spiro atoms. The van der Waals surface area contributed by atoms with E-state index in [9.17, 15) is 9.59 Å². The van der Waals surface area contributed by atoms with Crippen LogP contribution in [0.1, 0.15) is 37.0 Å². The van der Waals surface area contributed by atoms with E-state index in [0.29, 0.717) is 12.0 Å². The highest BCUT2D eigenvalue weighted by Crippen LogP contribution is 2.04. The van der Waals surface area contributed by atoms with E-state index in [-0.39, 0.29) is 18.0 Å². The second-order valence-corrected chi connectivity index (χ2v) is 3.21. The third kappa shape index (κ3) is 2.80. The highest BCUT2D eigenvalue weighted by atomic mass is 16.1. The van der Waals surface area contributed by atoms with Crippen LogP contribution in [0.2, 0.25) is 0 Å². The number of nitrogens with zero attached hydrogens (tertiary/aromatic N) is 2. The van der Waals surface area contributed by atoms with Crippen LogP contribution in [0.4, 0.5) is 0 Å². The first kappa shape index (κ1) is 10.6. The molecule has 4 heteroatoms. The average molecular weight is 194 g/mol.